The van der Waals surface area contributed by atoms with Crippen molar-refractivity contribution in [3.05, 3.63) is 17.7 Å². The molecular weight excluding hydrogens is 324 g/mol. The van der Waals surface area contributed by atoms with Gasteiger partial charge in [0, 0.05) is 0 Å². The highest BCUT2D eigenvalue weighted by Gasteiger charge is 2.22. The molecule has 1 atom stereocenters. The molecule has 0 saturated carbocycles. The summed E-state index contributed by atoms with van der Waals surface area (Å²) in [4.78, 5) is 11.7. The number of aryl methyl sites for hydroxylation is 1. The van der Waals surface area contributed by atoms with Gasteiger partial charge in [-0.1, -0.05) is 29.8 Å². The monoisotopic (exact) mass is 344 g/mol. The van der Waals surface area contributed by atoms with E-state index in [4.69, 9.17) is 14.2 Å². The van der Waals surface area contributed by atoms with E-state index in [2.05, 4.69) is 29.8 Å². The van der Waals surface area contributed by atoms with Crippen LogP contribution in [-0.4, -0.2) is 25.0 Å². The van der Waals surface area contributed by atoms with Crippen LogP contribution in [0, 0.1) is 12.8 Å². The number of benzene rings is 1. The highest BCUT2D eigenvalue weighted by Crippen LogP contribution is 2.39. The molecule has 0 saturated heterocycles. The van der Waals surface area contributed by atoms with E-state index in [1.807, 2.05) is 6.92 Å². The summed E-state index contributed by atoms with van der Waals surface area (Å²) in [6.45, 7) is 6.02. The van der Waals surface area contributed by atoms with Gasteiger partial charge in [0.25, 0.3) is 0 Å². The molecule has 1 rings (SSSR count). The minimum Gasteiger partial charge on any atom is -0.493 e. The van der Waals surface area contributed by atoms with E-state index in [0.29, 0.717) is 29.6 Å². The van der Waals surface area contributed by atoms with Crippen LogP contribution in [0.15, 0.2) is 12.1 Å². The molecule has 0 fully saturated rings. The molecule has 0 aromatic heterocycles. The van der Waals surface area contributed by atoms with Gasteiger partial charge in [0.1, 0.15) is 4.83 Å². The number of carbonyl (C=O) groups excluding carboxylic acids is 1. The summed E-state index contributed by atoms with van der Waals surface area (Å²) < 4.78 is 16.0. The third-order valence-corrected chi connectivity index (χ3v) is 3.49. The van der Waals surface area contributed by atoms with E-state index in [-0.39, 0.29) is 10.8 Å². The fourth-order valence-electron chi connectivity index (χ4n) is 1.79. The smallest absolute Gasteiger partial charge is 0.325 e. The molecule has 5 heteroatoms. The third kappa shape index (κ3) is 4.40. The van der Waals surface area contributed by atoms with Gasteiger partial charge in [-0.25, -0.2) is 0 Å². The minimum absolute atomic E-state index is 0.318. The number of esters is 1. The third-order valence-electron chi connectivity index (χ3n) is 2.74. The van der Waals surface area contributed by atoms with Crippen molar-refractivity contribution < 1.29 is 19.0 Å². The van der Waals surface area contributed by atoms with E-state index < -0.39 is 0 Å². The Morgan fingerprint density at radius 3 is 2.10 bits per heavy atom. The molecule has 20 heavy (non-hydrogen) atoms. The van der Waals surface area contributed by atoms with Gasteiger partial charge < -0.3 is 14.2 Å². The van der Waals surface area contributed by atoms with Crippen LogP contribution < -0.4 is 14.2 Å². The van der Waals surface area contributed by atoms with Crippen molar-refractivity contribution in [3.8, 4) is 17.2 Å². The molecule has 0 aliphatic carbocycles. The van der Waals surface area contributed by atoms with Crippen LogP contribution in [0.4, 0.5) is 0 Å². The number of methoxy groups -OCH3 is 2. The first-order valence-corrected chi connectivity index (χ1v) is 7.39. The maximum atomic E-state index is 12.1. The van der Waals surface area contributed by atoms with Gasteiger partial charge in [0.05, 0.1) is 14.2 Å². The summed E-state index contributed by atoms with van der Waals surface area (Å²) in [7, 11) is 3.07. The Balaban J connectivity index is 2.98. The minimum atomic E-state index is -0.349. The molecule has 0 heterocycles. The Hall–Kier alpha value is -1.23. The first-order valence-electron chi connectivity index (χ1n) is 6.47. The summed E-state index contributed by atoms with van der Waals surface area (Å²) in [5.74, 6) is 1.34. The van der Waals surface area contributed by atoms with Crippen molar-refractivity contribution in [1.82, 2.24) is 0 Å². The normalized spacial score (nSPS) is 12.2. The van der Waals surface area contributed by atoms with Crippen molar-refractivity contribution in [2.45, 2.75) is 32.0 Å². The van der Waals surface area contributed by atoms with Crippen molar-refractivity contribution in [1.29, 1.82) is 0 Å². The number of carbonyl (C=O) groups is 1. The van der Waals surface area contributed by atoms with Crippen molar-refractivity contribution >= 4 is 21.9 Å². The van der Waals surface area contributed by atoms with Crippen LogP contribution in [0.2, 0.25) is 0 Å². The largest absolute Gasteiger partial charge is 0.493 e. The number of hydrogen-bond donors (Lipinski definition) is 0. The standard InChI is InChI=1S/C15H21BrO4/c1-9(2)6-11(16)15(17)20-14-12(18-4)7-10(3)8-13(14)19-5/h7-9,11H,6H2,1-5H3. The lowest BCUT2D eigenvalue weighted by molar-refractivity contribution is -0.134. The van der Waals surface area contributed by atoms with Gasteiger partial charge in [0.15, 0.2) is 11.5 Å². The second kappa shape index (κ2) is 7.53. The van der Waals surface area contributed by atoms with Crippen LogP contribution in [0.25, 0.3) is 0 Å². The molecule has 112 valence electrons. The van der Waals surface area contributed by atoms with Gasteiger partial charge in [-0.3, -0.25) is 4.79 Å². The average molecular weight is 345 g/mol. The Bertz CT molecular complexity index is 446. The number of hydrogen-bond acceptors (Lipinski definition) is 4. The van der Waals surface area contributed by atoms with Crippen LogP contribution >= 0.6 is 15.9 Å². The van der Waals surface area contributed by atoms with Crippen LogP contribution in [0.1, 0.15) is 25.8 Å². The quantitative estimate of drug-likeness (QED) is 0.448. The molecule has 1 aromatic carbocycles. The zero-order valence-corrected chi connectivity index (χ0v) is 14.1. The molecule has 0 aliphatic heterocycles. The predicted molar refractivity (Wildman–Crippen MR) is 82.1 cm³/mol. The summed E-state index contributed by atoms with van der Waals surface area (Å²) in [5.41, 5.74) is 0.969. The highest BCUT2D eigenvalue weighted by atomic mass is 79.9. The van der Waals surface area contributed by atoms with Crippen LogP contribution in [0.3, 0.4) is 0 Å². The lowest BCUT2D eigenvalue weighted by Gasteiger charge is -2.16. The van der Waals surface area contributed by atoms with E-state index in [9.17, 15) is 4.79 Å². The van der Waals surface area contributed by atoms with Crippen molar-refractivity contribution in [2.75, 3.05) is 14.2 Å². The topological polar surface area (TPSA) is 44.8 Å². The second-order valence-electron chi connectivity index (χ2n) is 5.02. The van der Waals surface area contributed by atoms with Crippen molar-refractivity contribution in [2.24, 2.45) is 5.92 Å². The Morgan fingerprint density at radius 2 is 1.70 bits per heavy atom. The lowest BCUT2D eigenvalue weighted by atomic mass is 10.1. The van der Waals surface area contributed by atoms with Gasteiger partial charge in [-0.2, -0.15) is 0 Å². The predicted octanol–water partition coefficient (Wildman–Crippen LogP) is 3.73. The molecule has 4 nitrogen and oxygen atoms in total. The van der Waals surface area contributed by atoms with Crippen molar-refractivity contribution in [3.63, 3.8) is 0 Å². The molecule has 0 bridgehead atoms. The number of halogens is 1. The Morgan fingerprint density at radius 1 is 1.20 bits per heavy atom. The first-order chi connectivity index (χ1) is 9.38. The summed E-state index contributed by atoms with van der Waals surface area (Å²) in [5, 5.41) is 0. The molecule has 0 N–H and O–H groups in total. The fraction of sp³-hybridized carbons (Fsp3) is 0.533. The van der Waals surface area contributed by atoms with E-state index >= 15 is 0 Å². The summed E-state index contributed by atoms with van der Waals surface area (Å²) in [6.07, 6.45) is 0.704. The zero-order valence-electron chi connectivity index (χ0n) is 12.5. The molecule has 0 amide bonds. The Labute approximate surface area is 128 Å². The van der Waals surface area contributed by atoms with E-state index in [1.54, 1.807) is 12.1 Å². The molecule has 0 radical (unpaired) electrons. The molecule has 0 aliphatic rings. The maximum Gasteiger partial charge on any atom is 0.325 e. The average Bonchev–Trinajstić information content (AvgIpc) is 2.38. The van der Waals surface area contributed by atoms with Gasteiger partial charge in [-0.15, -0.1) is 0 Å². The number of rotatable bonds is 6. The number of ether oxygens (including phenoxy) is 3. The zero-order chi connectivity index (χ0) is 15.3. The first kappa shape index (κ1) is 16.8. The van der Waals surface area contributed by atoms with Crippen LogP contribution in [0.5, 0.6) is 17.2 Å². The maximum absolute atomic E-state index is 12.1. The van der Waals surface area contributed by atoms with E-state index in [0.717, 1.165) is 5.56 Å². The molecule has 1 unspecified atom stereocenters. The Kier molecular flexibility index (Phi) is 6.33. The SMILES string of the molecule is COc1cc(C)cc(OC)c1OC(=O)C(Br)CC(C)C. The number of alkyl halides is 1. The fourth-order valence-corrected chi connectivity index (χ4v) is 2.63. The second-order valence-corrected chi connectivity index (χ2v) is 6.12. The molecule has 0 spiro atoms. The van der Waals surface area contributed by atoms with Gasteiger partial charge in [-0.05, 0) is 37.0 Å². The summed E-state index contributed by atoms with van der Waals surface area (Å²) >= 11 is 3.35. The molecular formula is C15H21BrO4. The van der Waals surface area contributed by atoms with Gasteiger partial charge in [0.2, 0.25) is 5.75 Å². The van der Waals surface area contributed by atoms with Gasteiger partial charge >= 0.3 is 5.97 Å². The van der Waals surface area contributed by atoms with E-state index in [1.165, 1.54) is 14.2 Å². The lowest BCUT2D eigenvalue weighted by Crippen LogP contribution is -2.22. The van der Waals surface area contributed by atoms with Crippen LogP contribution in [-0.2, 0) is 4.79 Å². The highest BCUT2D eigenvalue weighted by molar-refractivity contribution is 9.10. The summed E-state index contributed by atoms with van der Waals surface area (Å²) in [6, 6.07) is 3.60. The molecule has 1 aromatic rings.